The van der Waals surface area contributed by atoms with E-state index >= 15 is 0 Å². The van der Waals surface area contributed by atoms with Crippen molar-refractivity contribution < 1.29 is 4.79 Å². The quantitative estimate of drug-likeness (QED) is 0.849. The lowest BCUT2D eigenvalue weighted by molar-refractivity contribution is -0.125. The van der Waals surface area contributed by atoms with Crippen molar-refractivity contribution in [1.82, 2.24) is 4.90 Å². The zero-order valence-electron chi connectivity index (χ0n) is 14.7. The number of rotatable bonds is 7. The molecule has 23 heavy (non-hydrogen) atoms. The van der Waals surface area contributed by atoms with Crippen molar-refractivity contribution in [2.24, 2.45) is 11.7 Å². The highest BCUT2D eigenvalue weighted by atomic mass is 16.1. The van der Waals surface area contributed by atoms with Gasteiger partial charge in [-0.3, -0.25) is 4.79 Å². The van der Waals surface area contributed by atoms with E-state index in [0.717, 1.165) is 35.7 Å². The van der Waals surface area contributed by atoms with Gasteiger partial charge in [0, 0.05) is 0 Å². The number of hydrogen-bond donors (Lipinski definition) is 1. The largest absolute Gasteiger partial charge is 0.369 e. The molecule has 2 atom stereocenters. The van der Waals surface area contributed by atoms with Gasteiger partial charge < -0.3 is 10.6 Å². The summed E-state index contributed by atoms with van der Waals surface area (Å²) in [6, 6.07) is 14.4. The van der Waals surface area contributed by atoms with Gasteiger partial charge in [-0.15, -0.1) is 0 Å². The Morgan fingerprint density at radius 1 is 1.17 bits per heavy atom. The molecule has 2 N–H and O–H groups in total. The van der Waals surface area contributed by atoms with Gasteiger partial charge in [0.15, 0.2) is 0 Å². The lowest BCUT2D eigenvalue weighted by atomic mass is 9.66. The molecule has 0 bridgehead atoms. The molecule has 124 valence electrons. The monoisotopic (exact) mass is 312 g/mol. The first-order valence-electron chi connectivity index (χ1n) is 8.36. The molecule has 0 aliphatic heterocycles. The molecule has 3 heteroatoms. The highest BCUT2D eigenvalue weighted by molar-refractivity contribution is 5.95. The van der Waals surface area contributed by atoms with Crippen LogP contribution >= 0.6 is 0 Å². The van der Waals surface area contributed by atoms with E-state index in [4.69, 9.17) is 5.73 Å². The lowest BCUT2D eigenvalue weighted by Crippen LogP contribution is -2.48. The molecule has 2 aromatic carbocycles. The predicted octanol–water partition coefficient (Wildman–Crippen LogP) is 3.56. The van der Waals surface area contributed by atoms with Crippen LogP contribution in [-0.2, 0) is 10.2 Å². The SMILES string of the molecule is CC[C@H](C)[C@@](CCN(C)C)(C(N)=O)c1cccc2ccccc12. The minimum Gasteiger partial charge on any atom is -0.369 e. The predicted molar refractivity (Wildman–Crippen MR) is 97.4 cm³/mol. The van der Waals surface area contributed by atoms with Crippen molar-refractivity contribution in [1.29, 1.82) is 0 Å². The van der Waals surface area contributed by atoms with Crippen LogP contribution in [0.3, 0.4) is 0 Å². The van der Waals surface area contributed by atoms with Crippen molar-refractivity contribution in [3.8, 4) is 0 Å². The number of primary amides is 1. The number of nitrogens with two attached hydrogens (primary N) is 1. The summed E-state index contributed by atoms with van der Waals surface area (Å²) < 4.78 is 0. The maximum atomic E-state index is 12.7. The second-order valence-corrected chi connectivity index (χ2v) is 6.72. The van der Waals surface area contributed by atoms with E-state index in [1.54, 1.807) is 0 Å². The first-order chi connectivity index (χ1) is 10.9. The van der Waals surface area contributed by atoms with Crippen LogP contribution in [0.5, 0.6) is 0 Å². The van der Waals surface area contributed by atoms with Gasteiger partial charge in [-0.2, -0.15) is 0 Å². The Morgan fingerprint density at radius 3 is 2.43 bits per heavy atom. The molecule has 2 rings (SSSR count). The minimum atomic E-state index is -0.639. The van der Waals surface area contributed by atoms with Gasteiger partial charge in [0.25, 0.3) is 0 Å². The molecular formula is C20H28N2O. The fourth-order valence-electron chi connectivity index (χ4n) is 3.51. The standard InChI is InChI=1S/C20H28N2O/c1-5-15(2)20(19(21)23,13-14-22(3)4)18-12-8-10-16-9-6-7-11-17(16)18/h6-12,15H,5,13-14H2,1-4H3,(H2,21,23)/t15-,20+/m0/s1. The van der Waals surface area contributed by atoms with Crippen molar-refractivity contribution >= 4 is 16.7 Å². The molecule has 3 nitrogen and oxygen atoms in total. The summed E-state index contributed by atoms with van der Waals surface area (Å²) in [7, 11) is 4.07. The highest BCUT2D eigenvalue weighted by Gasteiger charge is 2.43. The van der Waals surface area contributed by atoms with E-state index in [1.165, 1.54) is 0 Å². The van der Waals surface area contributed by atoms with Gasteiger partial charge in [0.05, 0.1) is 5.41 Å². The van der Waals surface area contributed by atoms with Crippen LogP contribution in [0.1, 0.15) is 32.3 Å². The average molecular weight is 312 g/mol. The maximum absolute atomic E-state index is 12.7. The molecule has 0 saturated heterocycles. The number of amides is 1. The third kappa shape index (κ3) is 3.25. The molecule has 1 amide bonds. The van der Waals surface area contributed by atoms with Crippen molar-refractivity contribution in [3.63, 3.8) is 0 Å². The molecule has 2 aromatic rings. The maximum Gasteiger partial charge on any atom is 0.228 e. The molecule has 0 spiro atoms. The molecular weight excluding hydrogens is 284 g/mol. The van der Waals surface area contributed by atoms with Crippen molar-refractivity contribution in [2.75, 3.05) is 20.6 Å². The van der Waals surface area contributed by atoms with Gasteiger partial charge >= 0.3 is 0 Å². The van der Waals surface area contributed by atoms with Gasteiger partial charge in [-0.1, -0.05) is 62.7 Å². The second-order valence-electron chi connectivity index (χ2n) is 6.72. The van der Waals surface area contributed by atoms with Crippen LogP contribution in [0.2, 0.25) is 0 Å². The van der Waals surface area contributed by atoms with Gasteiger partial charge in [0.2, 0.25) is 5.91 Å². The van der Waals surface area contributed by atoms with Crippen LogP contribution in [0.4, 0.5) is 0 Å². The lowest BCUT2D eigenvalue weighted by Gasteiger charge is -2.38. The van der Waals surface area contributed by atoms with E-state index in [2.05, 4.69) is 43.0 Å². The Bertz CT molecular complexity index is 675. The van der Waals surface area contributed by atoms with E-state index in [-0.39, 0.29) is 11.8 Å². The number of nitrogens with zero attached hydrogens (tertiary/aromatic N) is 1. The minimum absolute atomic E-state index is 0.186. The Labute approximate surface area is 139 Å². The molecule has 0 unspecified atom stereocenters. The van der Waals surface area contributed by atoms with Crippen LogP contribution in [0, 0.1) is 5.92 Å². The number of hydrogen-bond acceptors (Lipinski definition) is 2. The van der Waals surface area contributed by atoms with E-state index in [0.29, 0.717) is 0 Å². The third-order valence-corrected chi connectivity index (χ3v) is 5.12. The highest BCUT2D eigenvalue weighted by Crippen LogP contribution is 2.41. The molecule has 0 aliphatic rings. The van der Waals surface area contributed by atoms with Gasteiger partial charge in [-0.05, 0) is 49.3 Å². The fraction of sp³-hybridized carbons (Fsp3) is 0.450. The van der Waals surface area contributed by atoms with Crippen molar-refractivity contribution in [3.05, 3.63) is 48.0 Å². The molecule has 0 aromatic heterocycles. The number of carbonyl (C=O) groups is 1. The summed E-state index contributed by atoms with van der Waals surface area (Å²) in [4.78, 5) is 14.8. The van der Waals surface area contributed by atoms with E-state index in [9.17, 15) is 4.79 Å². The fourth-order valence-corrected chi connectivity index (χ4v) is 3.51. The molecule has 0 saturated carbocycles. The number of carbonyl (C=O) groups excluding carboxylic acids is 1. The number of fused-ring (bicyclic) bond motifs is 1. The van der Waals surface area contributed by atoms with Crippen LogP contribution in [-0.4, -0.2) is 31.4 Å². The Balaban J connectivity index is 2.70. The molecule has 0 fully saturated rings. The van der Waals surface area contributed by atoms with E-state index in [1.807, 2.05) is 32.3 Å². The molecule has 0 aliphatic carbocycles. The van der Waals surface area contributed by atoms with Gasteiger partial charge in [0.1, 0.15) is 0 Å². The average Bonchev–Trinajstić information content (AvgIpc) is 2.54. The Kier molecular flexibility index (Phi) is 5.42. The zero-order valence-corrected chi connectivity index (χ0v) is 14.7. The molecule has 0 heterocycles. The zero-order chi connectivity index (χ0) is 17.0. The van der Waals surface area contributed by atoms with Crippen LogP contribution in [0.15, 0.2) is 42.5 Å². The first kappa shape index (κ1) is 17.5. The van der Waals surface area contributed by atoms with Crippen LogP contribution < -0.4 is 5.73 Å². The normalized spacial score (nSPS) is 15.5. The summed E-state index contributed by atoms with van der Waals surface area (Å²) in [6.45, 7) is 5.10. The first-order valence-corrected chi connectivity index (χ1v) is 8.36. The number of benzene rings is 2. The third-order valence-electron chi connectivity index (χ3n) is 5.12. The Hall–Kier alpha value is -1.87. The summed E-state index contributed by atoms with van der Waals surface area (Å²) in [5, 5.41) is 2.29. The van der Waals surface area contributed by atoms with Crippen LogP contribution in [0.25, 0.3) is 10.8 Å². The summed E-state index contributed by atoms with van der Waals surface area (Å²) in [5.41, 5.74) is 6.43. The molecule has 0 radical (unpaired) electrons. The van der Waals surface area contributed by atoms with E-state index < -0.39 is 5.41 Å². The smallest absolute Gasteiger partial charge is 0.228 e. The topological polar surface area (TPSA) is 46.3 Å². The summed E-state index contributed by atoms with van der Waals surface area (Å²) in [6.07, 6.45) is 1.65. The second kappa shape index (κ2) is 7.14. The summed E-state index contributed by atoms with van der Waals surface area (Å²) >= 11 is 0. The van der Waals surface area contributed by atoms with Gasteiger partial charge in [-0.25, -0.2) is 0 Å². The Morgan fingerprint density at radius 2 is 1.83 bits per heavy atom. The van der Waals surface area contributed by atoms with Crippen molar-refractivity contribution in [2.45, 2.75) is 32.1 Å². The summed E-state index contributed by atoms with van der Waals surface area (Å²) in [5.74, 6) is -0.0317.